The van der Waals surface area contributed by atoms with Gasteiger partial charge >= 0.3 is 0 Å². The van der Waals surface area contributed by atoms with Crippen LogP contribution < -0.4 is 5.32 Å². The summed E-state index contributed by atoms with van der Waals surface area (Å²) in [5.74, 6) is 0.446. The molecule has 6 heteroatoms. The molecular weight excluding hydrogens is 244 g/mol. The van der Waals surface area contributed by atoms with Gasteiger partial charge in [-0.05, 0) is 33.2 Å². The van der Waals surface area contributed by atoms with E-state index in [1.54, 1.807) is 18.4 Å². The fourth-order valence-corrected chi connectivity index (χ4v) is 1.78. The first-order valence-electron chi connectivity index (χ1n) is 6.11. The normalized spacial score (nSPS) is 10.9. The van der Waals surface area contributed by atoms with Crippen LogP contribution in [0.25, 0.3) is 11.5 Å². The lowest BCUT2D eigenvalue weighted by Gasteiger charge is -2.10. The molecule has 1 amide bonds. The number of aromatic amines is 1. The van der Waals surface area contributed by atoms with Crippen molar-refractivity contribution in [2.24, 2.45) is 0 Å². The Bertz CT molecular complexity index is 543. The number of carbonyl (C=O) groups excluding carboxylic acids is 1. The summed E-state index contributed by atoms with van der Waals surface area (Å²) >= 11 is 0. The molecule has 0 bridgehead atoms. The molecule has 2 aromatic heterocycles. The minimum absolute atomic E-state index is 0.139. The monoisotopic (exact) mass is 262 g/mol. The molecule has 0 atom stereocenters. The van der Waals surface area contributed by atoms with Crippen molar-refractivity contribution in [1.82, 2.24) is 20.4 Å². The number of carbonyl (C=O) groups is 1. The van der Waals surface area contributed by atoms with Gasteiger partial charge in [0.05, 0.1) is 11.8 Å². The third-order valence-corrected chi connectivity index (χ3v) is 2.77. The zero-order chi connectivity index (χ0) is 13.8. The van der Waals surface area contributed by atoms with Crippen LogP contribution >= 0.6 is 0 Å². The minimum Gasteiger partial charge on any atom is -0.463 e. The Morgan fingerprint density at radius 3 is 2.95 bits per heavy atom. The number of aromatic nitrogens is 2. The molecule has 2 aromatic rings. The number of amides is 1. The van der Waals surface area contributed by atoms with E-state index in [2.05, 4.69) is 15.5 Å². The predicted molar refractivity (Wildman–Crippen MR) is 71.9 cm³/mol. The molecule has 2 N–H and O–H groups in total. The number of rotatable bonds is 5. The fraction of sp³-hybridized carbons (Fsp3) is 0.385. The van der Waals surface area contributed by atoms with Crippen molar-refractivity contribution in [3.05, 3.63) is 29.7 Å². The summed E-state index contributed by atoms with van der Waals surface area (Å²) in [5.41, 5.74) is 1.81. The summed E-state index contributed by atoms with van der Waals surface area (Å²) in [6, 6.07) is 3.55. The molecule has 0 unspecified atom stereocenters. The molecule has 0 fully saturated rings. The van der Waals surface area contributed by atoms with Crippen LogP contribution in [0.4, 0.5) is 0 Å². The highest BCUT2D eigenvalue weighted by atomic mass is 16.3. The number of furan rings is 1. The Labute approximate surface area is 111 Å². The van der Waals surface area contributed by atoms with Crippen molar-refractivity contribution in [3.63, 3.8) is 0 Å². The summed E-state index contributed by atoms with van der Waals surface area (Å²) in [4.78, 5) is 14.2. The van der Waals surface area contributed by atoms with E-state index < -0.39 is 0 Å². The van der Waals surface area contributed by atoms with Gasteiger partial charge in [-0.1, -0.05) is 0 Å². The molecule has 0 radical (unpaired) electrons. The van der Waals surface area contributed by atoms with Crippen LogP contribution in [-0.2, 0) is 0 Å². The van der Waals surface area contributed by atoms with Crippen LogP contribution in [0.2, 0.25) is 0 Å². The van der Waals surface area contributed by atoms with Crippen LogP contribution in [0.15, 0.2) is 22.8 Å². The van der Waals surface area contributed by atoms with Crippen molar-refractivity contribution in [2.75, 3.05) is 27.2 Å². The first kappa shape index (κ1) is 13.4. The highest BCUT2D eigenvalue weighted by Crippen LogP contribution is 2.23. The average Bonchev–Trinajstić information content (AvgIpc) is 2.96. The molecule has 0 spiro atoms. The second kappa shape index (κ2) is 5.71. The van der Waals surface area contributed by atoms with Crippen LogP contribution in [-0.4, -0.2) is 48.2 Å². The number of nitrogens with one attached hydrogen (secondary N) is 2. The predicted octanol–water partition coefficient (Wildman–Crippen LogP) is 1.27. The second-order valence-corrected chi connectivity index (χ2v) is 4.61. The smallest absolute Gasteiger partial charge is 0.255 e. The van der Waals surface area contributed by atoms with Gasteiger partial charge in [0.15, 0.2) is 5.76 Å². The van der Waals surface area contributed by atoms with E-state index in [1.165, 1.54) is 0 Å². The lowest BCUT2D eigenvalue weighted by atomic mass is 10.1. The van der Waals surface area contributed by atoms with Gasteiger partial charge in [-0.25, -0.2) is 0 Å². The number of aryl methyl sites for hydroxylation is 1. The lowest BCUT2D eigenvalue weighted by Crippen LogP contribution is -2.31. The van der Waals surface area contributed by atoms with Crippen LogP contribution in [0.1, 0.15) is 16.1 Å². The zero-order valence-electron chi connectivity index (χ0n) is 11.4. The van der Waals surface area contributed by atoms with E-state index in [4.69, 9.17) is 4.42 Å². The molecule has 0 aliphatic rings. The Hall–Kier alpha value is -2.08. The van der Waals surface area contributed by atoms with Crippen molar-refractivity contribution < 1.29 is 9.21 Å². The maximum Gasteiger partial charge on any atom is 0.255 e. The van der Waals surface area contributed by atoms with Gasteiger partial charge in [0.25, 0.3) is 5.91 Å². The first-order valence-corrected chi connectivity index (χ1v) is 6.11. The van der Waals surface area contributed by atoms with Gasteiger partial charge in [-0.3, -0.25) is 9.89 Å². The first-order chi connectivity index (χ1) is 9.09. The largest absolute Gasteiger partial charge is 0.463 e. The third-order valence-electron chi connectivity index (χ3n) is 2.77. The zero-order valence-corrected chi connectivity index (χ0v) is 11.4. The Kier molecular flexibility index (Phi) is 4.01. The molecule has 6 nitrogen and oxygen atoms in total. The minimum atomic E-state index is -0.139. The van der Waals surface area contributed by atoms with E-state index in [0.29, 0.717) is 23.6 Å². The van der Waals surface area contributed by atoms with E-state index in [1.807, 2.05) is 25.9 Å². The second-order valence-electron chi connectivity index (χ2n) is 4.61. The molecule has 0 aliphatic heterocycles. The van der Waals surface area contributed by atoms with E-state index >= 15 is 0 Å². The van der Waals surface area contributed by atoms with Crippen LogP contribution in [0.3, 0.4) is 0 Å². The van der Waals surface area contributed by atoms with Gasteiger partial charge in [0.1, 0.15) is 5.69 Å². The third kappa shape index (κ3) is 3.03. The molecular formula is C13H18N4O2. The summed E-state index contributed by atoms with van der Waals surface area (Å²) in [7, 11) is 3.92. The summed E-state index contributed by atoms with van der Waals surface area (Å²) < 4.78 is 5.30. The Morgan fingerprint density at radius 1 is 1.53 bits per heavy atom. The molecule has 2 heterocycles. The number of nitrogens with zero attached hydrogens (tertiary/aromatic N) is 2. The van der Waals surface area contributed by atoms with Gasteiger partial charge in [-0.2, -0.15) is 5.10 Å². The highest BCUT2D eigenvalue weighted by Gasteiger charge is 2.20. The van der Waals surface area contributed by atoms with Crippen molar-refractivity contribution in [2.45, 2.75) is 6.92 Å². The standard InChI is InChI=1S/C13H18N4O2/c1-9-11(13(18)14-6-7-17(2)3)12(16-15-9)10-5-4-8-19-10/h4-5,8H,6-7H2,1-3H3,(H,14,18)(H,15,16). The van der Waals surface area contributed by atoms with Crippen LogP contribution in [0.5, 0.6) is 0 Å². The number of hydrogen-bond acceptors (Lipinski definition) is 4. The summed E-state index contributed by atoms with van der Waals surface area (Å²) in [5, 5.41) is 9.83. The molecule has 0 saturated carbocycles. The number of hydrogen-bond donors (Lipinski definition) is 2. The van der Waals surface area contributed by atoms with E-state index in [-0.39, 0.29) is 5.91 Å². The molecule has 0 aromatic carbocycles. The van der Waals surface area contributed by atoms with Crippen molar-refractivity contribution >= 4 is 5.91 Å². The maximum atomic E-state index is 12.2. The van der Waals surface area contributed by atoms with Crippen LogP contribution in [0, 0.1) is 6.92 Å². The van der Waals surface area contributed by atoms with Gasteiger partial charge in [0.2, 0.25) is 0 Å². The highest BCUT2D eigenvalue weighted by molar-refractivity contribution is 6.00. The quantitative estimate of drug-likeness (QED) is 0.851. The van der Waals surface area contributed by atoms with E-state index in [0.717, 1.165) is 12.2 Å². The Balaban J connectivity index is 2.15. The summed E-state index contributed by atoms with van der Waals surface area (Å²) in [6.45, 7) is 3.20. The number of H-pyrrole nitrogens is 1. The van der Waals surface area contributed by atoms with Gasteiger partial charge < -0.3 is 14.6 Å². The SMILES string of the molecule is Cc1[nH]nc(-c2ccco2)c1C(=O)NCCN(C)C. The summed E-state index contributed by atoms with van der Waals surface area (Å²) in [6.07, 6.45) is 1.56. The molecule has 0 aliphatic carbocycles. The maximum absolute atomic E-state index is 12.2. The topological polar surface area (TPSA) is 74.2 Å². The molecule has 102 valence electrons. The van der Waals surface area contributed by atoms with Gasteiger partial charge in [-0.15, -0.1) is 0 Å². The molecule has 0 saturated heterocycles. The lowest BCUT2D eigenvalue weighted by molar-refractivity contribution is 0.0951. The fourth-order valence-electron chi connectivity index (χ4n) is 1.78. The Morgan fingerprint density at radius 2 is 2.32 bits per heavy atom. The average molecular weight is 262 g/mol. The number of likely N-dealkylation sites (N-methyl/N-ethyl adjacent to an activating group) is 1. The molecule has 2 rings (SSSR count). The van der Waals surface area contributed by atoms with E-state index in [9.17, 15) is 4.79 Å². The molecule has 19 heavy (non-hydrogen) atoms. The van der Waals surface area contributed by atoms with Crippen molar-refractivity contribution in [3.8, 4) is 11.5 Å². The van der Waals surface area contributed by atoms with Crippen molar-refractivity contribution in [1.29, 1.82) is 0 Å². The van der Waals surface area contributed by atoms with Gasteiger partial charge in [0, 0.05) is 18.8 Å².